The van der Waals surface area contributed by atoms with E-state index in [1.807, 2.05) is 0 Å². The molecule has 0 aliphatic rings. The van der Waals surface area contributed by atoms with Crippen molar-refractivity contribution in [2.75, 3.05) is 24.4 Å². The molecular weight excluding hydrogens is 452 g/mol. The molecule has 3 rings (SSSR count). The molecule has 12 heteroatoms. The van der Waals surface area contributed by atoms with E-state index in [1.165, 1.54) is 44.7 Å². The molecule has 33 heavy (non-hydrogen) atoms. The van der Waals surface area contributed by atoms with Gasteiger partial charge in [0.1, 0.15) is 10.6 Å². The molecule has 0 amide bonds. The van der Waals surface area contributed by atoms with Crippen LogP contribution in [0.25, 0.3) is 0 Å². The standard InChI is InChI=1S/C21H20N4O7S/c1-31-19-6-4-3-5-16(19)24-33(29,30)21-12-15(25(27)28)8-9-17(21)23-22-13-14-7-10-18(26)20(11-14)32-2/h3-13,23-24,26H,1-2H3. The van der Waals surface area contributed by atoms with Crippen molar-refractivity contribution in [3.8, 4) is 17.2 Å². The highest BCUT2D eigenvalue weighted by Gasteiger charge is 2.23. The first-order valence-electron chi connectivity index (χ1n) is 9.35. The lowest BCUT2D eigenvalue weighted by Gasteiger charge is -2.14. The van der Waals surface area contributed by atoms with Crippen molar-refractivity contribution in [1.29, 1.82) is 0 Å². The molecule has 3 N–H and O–H groups in total. The molecule has 0 aliphatic carbocycles. The maximum absolute atomic E-state index is 13.1. The third-order valence-corrected chi connectivity index (χ3v) is 5.82. The third kappa shape index (κ3) is 5.49. The van der Waals surface area contributed by atoms with E-state index in [9.17, 15) is 23.6 Å². The second-order valence-corrected chi connectivity index (χ2v) is 8.20. The summed E-state index contributed by atoms with van der Waals surface area (Å²) in [5, 5.41) is 24.9. The number of benzene rings is 3. The molecule has 0 spiro atoms. The molecule has 0 heterocycles. The predicted molar refractivity (Wildman–Crippen MR) is 123 cm³/mol. The van der Waals surface area contributed by atoms with Crippen LogP contribution in [0.4, 0.5) is 17.1 Å². The van der Waals surface area contributed by atoms with Crippen LogP contribution in [0.1, 0.15) is 5.56 Å². The fourth-order valence-corrected chi connectivity index (χ4v) is 4.07. The number of methoxy groups -OCH3 is 2. The summed E-state index contributed by atoms with van der Waals surface area (Å²) in [5.74, 6) is 0.465. The topological polar surface area (TPSA) is 152 Å². The van der Waals surface area contributed by atoms with Gasteiger partial charge < -0.3 is 14.6 Å². The van der Waals surface area contributed by atoms with E-state index in [4.69, 9.17) is 9.47 Å². The van der Waals surface area contributed by atoms with Crippen molar-refractivity contribution in [1.82, 2.24) is 0 Å². The number of aromatic hydroxyl groups is 1. The average Bonchev–Trinajstić information content (AvgIpc) is 2.80. The lowest BCUT2D eigenvalue weighted by Crippen LogP contribution is -2.15. The van der Waals surface area contributed by atoms with E-state index < -0.39 is 20.6 Å². The highest BCUT2D eigenvalue weighted by Crippen LogP contribution is 2.31. The number of hydrogen-bond donors (Lipinski definition) is 3. The fraction of sp³-hybridized carbons (Fsp3) is 0.0952. The lowest BCUT2D eigenvalue weighted by atomic mass is 10.2. The minimum atomic E-state index is -4.27. The number of anilines is 2. The van der Waals surface area contributed by atoms with Crippen LogP contribution in [0.2, 0.25) is 0 Å². The number of rotatable bonds is 9. The zero-order chi connectivity index (χ0) is 24.0. The highest BCUT2D eigenvalue weighted by atomic mass is 32.2. The lowest BCUT2D eigenvalue weighted by molar-refractivity contribution is -0.385. The zero-order valence-electron chi connectivity index (χ0n) is 17.6. The Morgan fingerprint density at radius 3 is 2.42 bits per heavy atom. The number of nitrogens with zero attached hydrogens (tertiary/aromatic N) is 2. The van der Waals surface area contributed by atoms with E-state index in [1.54, 1.807) is 24.3 Å². The number of phenolic OH excluding ortho intramolecular Hbond substituents is 1. The normalized spacial score (nSPS) is 11.2. The van der Waals surface area contributed by atoms with E-state index in [-0.39, 0.29) is 33.5 Å². The Bertz CT molecular complexity index is 1310. The molecule has 0 bridgehead atoms. The fourth-order valence-electron chi connectivity index (χ4n) is 2.82. The van der Waals surface area contributed by atoms with Gasteiger partial charge >= 0.3 is 0 Å². The quantitative estimate of drug-likeness (QED) is 0.243. The number of nitrogens with one attached hydrogen (secondary N) is 2. The Balaban J connectivity index is 1.95. The van der Waals surface area contributed by atoms with Gasteiger partial charge in [0.2, 0.25) is 0 Å². The van der Waals surface area contributed by atoms with Crippen LogP contribution < -0.4 is 19.6 Å². The maximum atomic E-state index is 13.1. The monoisotopic (exact) mass is 472 g/mol. The Morgan fingerprint density at radius 2 is 1.73 bits per heavy atom. The van der Waals surface area contributed by atoms with Gasteiger partial charge in [0.05, 0.1) is 36.7 Å². The zero-order valence-corrected chi connectivity index (χ0v) is 18.4. The summed E-state index contributed by atoms with van der Waals surface area (Å²) in [7, 11) is -1.48. The predicted octanol–water partition coefficient (Wildman–Crippen LogP) is 3.56. The van der Waals surface area contributed by atoms with Gasteiger partial charge in [-0.15, -0.1) is 0 Å². The number of para-hydroxylation sites is 2. The largest absolute Gasteiger partial charge is 0.504 e. The molecular formula is C21H20N4O7S. The maximum Gasteiger partial charge on any atom is 0.270 e. The summed E-state index contributed by atoms with van der Waals surface area (Å²) < 4.78 is 38.8. The van der Waals surface area contributed by atoms with Crippen molar-refractivity contribution < 1.29 is 27.9 Å². The molecule has 3 aromatic rings. The average molecular weight is 472 g/mol. The molecule has 11 nitrogen and oxygen atoms in total. The van der Waals surface area contributed by atoms with Crippen LogP contribution in [0.3, 0.4) is 0 Å². The molecule has 0 atom stereocenters. The van der Waals surface area contributed by atoms with Gasteiger partial charge in [-0.2, -0.15) is 5.10 Å². The number of non-ortho nitro benzene ring substituents is 1. The minimum absolute atomic E-state index is 0.00462. The van der Waals surface area contributed by atoms with Crippen LogP contribution in [-0.4, -0.2) is 38.9 Å². The molecule has 3 aromatic carbocycles. The molecule has 0 saturated carbocycles. The number of hydrogen-bond acceptors (Lipinski definition) is 9. The van der Waals surface area contributed by atoms with Gasteiger partial charge in [-0.05, 0) is 42.0 Å². The Hall–Kier alpha value is -4.32. The number of nitro benzene ring substituents is 1. The van der Waals surface area contributed by atoms with Crippen molar-refractivity contribution in [3.63, 3.8) is 0 Å². The van der Waals surface area contributed by atoms with E-state index >= 15 is 0 Å². The molecule has 0 fully saturated rings. The van der Waals surface area contributed by atoms with Gasteiger partial charge in [-0.1, -0.05) is 12.1 Å². The van der Waals surface area contributed by atoms with E-state index in [2.05, 4.69) is 15.2 Å². The van der Waals surface area contributed by atoms with Crippen molar-refractivity contribution in [2.45, 2.75) is 4.90 Å². The summed E-state index contributed by atoms with van der Waals surface area (Å²) in [6.07, 6.45) is 1.37. The first kappa shape index (κ1) is 23.3. The van der Waals surface area contributed by atoms with Gasteiger partial charge in [0, 0.05) is 12.1 Å². The smallest absolute Gasteiger partial charge is 0.270 e. The number of hydrazone groups is 1. The van der Waals surface area contributed by atoms with Crippen LogP contribution in [0.5, 0.6) is 17.2 Å². The molecule has 0 aromatic heterocycles. The molecule has 0 radical (unpaired) electrons. The second kappa shape index (κ2) is 9.87. The van der Waals surface area contributed by atoms with Gasteiger partial charge in [-0.25, -0.2) is 8.42 Å². The molecule has 0 saturated heterocycles. The van der Waals surface area contributed by atoms with Crippen molar-refractivity contribution in [3.05, 3.63) is 76.3 Å². The van der Waals surface area contributed by atoms with Gasteiger partial charge in [0.25, 0.3) is 15.7 Å². The summed E-state index contributed by atoms with van der Waals surface area (Å²) in [4.78, 5) is 10.1. The Labute approximate surface area is 189 Å². The summed E-state index contributed by atoms with van der Waals surface area (Å²) in [5.41, 5.74) is 2.90. The van der Waals surface area contributed by atoms with Crippen LogP contribution in [0.15, 0.2) is 70.7 Å². The molecule has 0 aliphatic heterocycles. The van der Waals surface area contributed by atoms with Crippen LogP contribution >= 0.6 is 0 Å². The number of phenols is 1. The van der Waals surface area contributed by atoms with Crippen molar-refractivity contribution >= 4 is 33.3 Å². The Kier molecular flexibility index (Phi) is 6.98. The minimum Gasteiger partial charge on any atom is -0.504 e. The van der Waals surface area contributed by atoms with E-state index in [0.29, 0.717) is 5.56 Å². The number of nitro groups is 1. The third-order valence-electron chi connectivity index (χ3n) is 4.42. The molecule has 0 unspecified atom stereocenters. The van der Waals surface area contributed by atoms with Gasteiger partial charge in [-0.3, -0.25) is 20.3 Å². The summed E-state index contributed by atoms with van der Waals surface area (Å²) in [6, 6.07) is 14.2. The SMILES string of the molecule is COc1cc(C=NNc2ccc([N+](=O)[O-])cc2S(=O)(=O)Nc2ccccc2OC)ccc1O. The number of ether oxygens (including phenoxy) is 2. The summed E-state index contributed by atoms with van der Waals surface area (Å²) >= 11 is 0. The van der Waals surface area contributed by atoms with Crippen LogP contribution in [-0.2, 0) is 10.0 Å². The van der Waals surface area contributed by atoms with Gasteiger partial charge in [0.15, 0.2) is 11.5 Å². The molecule has 172 valence electrons. The first-order valence-corrected chi connectivity index (χ1v) is 10.8. The summed E-state index contributed by atoms with van der Waals surface area (Å²) in [6.45, 7) is 0. The number of sulfonamides is 1. The Morgan fingerprint density at radius 1 is 1.00 bits per heavy atom. The first-order chi connectivity index (χ1) is 15.7. The highest BCUT2D eigenvalue weighted by molar-refractivity contribution is 7.93. The van der Waals surface area contributed by atoms with E-state index in [0.717, 1.165) is 12.1 Å². The second-order valence-electron chi connectivity index (χ2n) is 6.54. The van der Waals surface area contributed by atoms with Crippen molar-refractivity contribution in [2.24, 2.45) is 5.10 Å². The van der Waals surface area contributed by atoms with Crippen LogP contribution in [0, 0.1) is 10.1 Å².